The van der Waals surface area contributed by atoms with Gasteiger partial charge < -0.3 is 5.73 Å². The third-order valence-electron chi connectivity index (χ3n) is 2.50. The topological polar surface area (TPSA) is 72.2 Å². The van der Waals surface area contributed by atoms with Crippen LogP contribution in [0.3, 0.4) is 0 Å². The summed E-state index contributed by atoms with van der Waals surface area (Å²) in [5.41, 5.74) is 6.11. The van der Waals surface area contributed by atoms with Gasteiger partial charge >= 0.3 is 0 Å². The Morgan fingerprint density at radius 3 is 2.60 bits per heavy atom. The normalized spacial score (nSPS) is 11.3. The molecule has 0 aliphatic rings. The van der Waals surface area contributed by atoms with E-state index in [-0.39, 0.29) is 15.0 Å². The summed E-state index contributed by atoms with van der Waals surface area (Å²) in [6, 6.07) is 6.98. The fourth-order valence-corrected chi connectivity index (χ4v) is 3.91. The van der Waals surface area contributed by atoms with E-state index in [2.05, 4.69) is 4.72 Å². The second-order valence-corrected chi connectivity index (χ2v) is 7.49. The van der Waals surface area contributed by atoms with Crippen molar-refractivity contribution in [3.05, 3.63) is 46.6 Å². The molecule has 1 aromatic carbocycles. The molecule has 1 heterocycles. The molecule has 0 unspecified atom stereocenters. The van der Waals surface area contributed by atoms with Gasteiger partial charge in [0.25, 0.3) is 10.0 Å². The van der Waals surface area contributed by atoms with Crippen molar-refractivity contribution < 1.29 is 12.8 Å². The molecule has 4 nitrogen and oxygen atoms in total. The van der Waals surface area contributed by atoms with E-state index in [1.54, 1.807) is 13.0 Å². The summed E-state index contributed by atoms with van der Waals surface area (Å²) in [5, 5.41) is 0. The molecule has 0 spiro atoms. The molecular weight excluding hydrogens is 319 g/mol. The Balaban J connectivity index is 2.30. The van der Waals surface area contributed by atoms with Gasteiger partial charge in [-0.3, -0.25) is 4.72 Å². The molecule has 0 aliphatic carbocycles. The van der Waals surface area contributed by atoms with Crippen molar-refractivity contribution in [2.24, 2.45) is 5.73 Å². The number of nitrogens with one attached hydrogen (secondary N) is 1. The van der Waals surface area contributed by atoms with E-state index in [1.165, 1.54) is 24.3 Å². The lowest BCUT2D eigenvalue weighted by atomic mass is 10.2. The summed E-state index contributed by atoms with van der Waals surface area (Å²) in [4.78, 5) is 0.671. The summed E-state index contributed by atoms with van der Waals surface area (Å²) in [5.74, 6) is -0.389. The SMILES string of the molecule is Cc1cc(NS(=O)(=O)c2ccc(C(N)=S)s2)ccc1F. The highest BCUT2D eigenvalue weighted by Crippen LogP contribution is 2.24. The highest BCUT2D eigenvalue weighted by atomic mass is 32.2. The lowest BCUT2D eigenvalue weighted by molar-refractivity contribution is 0.602. The first-order chi connectivity index (χ1) is 9.29. The number of hydrogen-bond donors (Lipinski definition) is 2. The first-order valence-corrected chi connectivity index (χ1v) is 8.19. The van der Waals surface area contributed by atoms with Gasteiger partial charge in [-0.1, -0.05) is 12.2 Å². The smallest absolute Gasteiger partial charge is 0.271 e. The molecule has 0 atom stereocenters. The van der Waals surface area contributed by atoms with Gasteiger partial charge in [0.15, 0.2) is 0 Å². The van der Waals surface area contributed by atoms with Gasteiger partial charge in [0.05, 0.1) is 4.88 Å². The zero-order valence-electron chi connectivity index (χ0n) is 10.4. The molecule has 0 fully saturated rings. The third-order valence-corrected chi connectivity index (χ3v) is 5.84. The van der Waals surface area contributed by atoms with Crippen LogP contribution in [0.1, 0.15) is 10.4 Å². The first-order valence-electron chi connectivity index (χ1n) is 5.48. The summed E-state index contributed by atoms with van der Waals surface area (Å²) < 4.78 is 39.9. The number of anilines is 1. The van der Waals surface area contributed by atoms with Crippen LogP contribution in [-0.4, -0.2) is 13.4 Å². The fraction of sp³-hybridized carbons (Fsp3) is 0.0833. The average molecular weight is 330 g/mol. The third kappa shape index (κ3) is 3.14. The van der Waals surface area contributed by atoms with Crippen LogP contribution in [-0.2, 0) is 10.0 Å². The van der Waals surface area contributed by atoms with Crippen molar-refractivity contribution >= 4 is 44.3 Å². The fourth-order valence-electron chi connectivity index (χ4n) is 1.51. The van der Waals surface area contributed by atoms with Crippen LogP contribution in [0.15, 0.2) is 34.5 Å². The van der Waals surface area contributed by atoms with Gasteiger partial charge in [-0.15, -0.1) is 11.3 Å². The number of nitrogens with two attached hydrogens (primary N) is 1. The van der Waals surface area contributed by atoms with Crippen molar-refractivity contribution in [1.82, 2.24) is 0 Å². The van der Waals surface area contributed by atoms with Crippen LogP contribution >= 0.6 is 23.6 Å². The van der Waals surface area contributed by atoms with Gasteiger partial charge in [-0.2, -0.15) is 0 Å². The molecular formula is C12H11FN2O2S3. The minimum atomic E-state index is -3.72. The maximum absolute atomic E-state index is 13.1. The van der Waals surface area contributed by atoms with Gasteiger partial charge in [-0.05, 0) is 42.8 Å². The van der Waals surface area contributed by atoms with E-state index in [0.29, 0.717) is 16.1 Å². The molecule has 0 saturated carbocycles. The molecule has 20 heavy (non-hydrogen) atoms. The highest BCUT2D eigenvalue weighted by molar-refractivity contribution is 7.94. The number of rotatable bonds is 4. The molecule has 0 bridgehead atoms. The largest absolute Gasteiger partial charge is 0.389 e. The van der Waals surface area contributed by atoms with Crippen LogP contribution < -0.4 is 10.5 Å². The van der Waals surface area contributed by atoms with Crippen molar-refractivity contribution in [3.8, 4) is 0 Å². The van der Waals surface area contributed by atoms with Crippen LogP contribution in [0.2, 0.25) is 0 Å². The first kappa shape index (κ1) is 14.9. The second kappa shape index (κ2) is 5.47. The van der Waals surface area contributed by atoms with Crippen molar-refractivity contribution in [3.63, 3.8) is 0 Å². The van der Waals surface area contributed by atoms with Crippen LogP contribution in [0.25, 0.3) is 0 Å². The van der Waals surface area contributed by atoms with E-state index in [0.717, 1.165) is 11.3 Å². The van der Waals surface area contributed by atoms with Gasteiger partial charge in [-0.25, -0.2) is 12.8 Å². The van der Waals surface area contributed by atoms with Crippen molar-refractivity contribution in [2.75, 3.05) is 4.72 Å². The number of thiocarbonyl (C=S) groups is 1. The molecule has 8 heteroatoms. The minimum Gasteiger partial charge on any atom is -0.389 e. The average Bonchev–Trinajstić information content (AvgIpc) is 2.84. The molecule has 0 amide bonds. The van der Waals surface area contributed by atoms with Crippen LogP contribution in [0.4, 0.5) is 10.1 Å². The van der Waals surface area contributed by atoms with Gasteiger partial charge in [0, 0.05) is 5.69 Å². The van der Waals surface area contributed by atoms with E-state index in [1.807, 2.05) is 0 Å². The van der Waals surface area contributed by atoms with Crippen molar-refractivity contribution in [1.29, 1.82) is 0 Å². The van der Waals surface area contributed by atoms with E-state index >= 15 is 0 Å². The molecule has 2 rings (SSSR count). The van der Waals surface area contributed by atoms with E-state index in [9.17, 15) is 12.8 Å². The standard InChI is InChI=1S/C12H11FN2O2S3/c1-7-6-8(2-3-9(7)13)15-20(16,17)11-5-4-10(19-11)12(14)18/h2-6,15H,1H3,(H2,14,18). The van der Waals surface area contributed by atoms with Crippen LogP contribution in [0.5, 0.6) is 0 Å². The Bertz CT molecular complexity index is 769. The monoisotopic (exact) mass is 330 g/mol. The summed E-state index contributed by atoms with van der Waals surface area (Å²) in [7, 11) is -3.72. The number of sulfonamides is 1. The van der Waals surface area contributed by atoms with Crippen LogP contribution in [0, 0.1) is 12.7 Å². The Labute approximate surface area is 125 Å². The second-order valence-electron chi connectivity index (χ2n) is 4.05. The lowest BCUT2D eigenvalue weighted by Gasteiger charge is -2.07. The summed E-state index contributed by atoms with van der Waals surface area (Å²) >= 11 is 5.77. The molecule has 0 aliphatic heterocycles. The van der Waals surface area contributed by atoms with Gasteiger partial charge in [0.2, 0.25) is 0 Å². The predicted molar refractivity (Wildman–Crippen MR) is 82.2 cm³/mol. The quantitative estimate of drug-likeness (QED) is 0.845. The van der Waals surface area contributed by atoms with E-state index in [4.69, 9.17) is 18.0 Å². The number of aryl methyl sites for hydroxylation is 1. The number of hydrogen-bond acceptors (Lipinski definition) is 4. The van der Waals surface area contributed by atoms with Crippen molar-refractivity contribution in [2.45, 2.75) is 11.1 Å². The Morgan fingerprint density at radius 2 is 2.05 bits per heavy atom. The van der Waals surface area contributed by atoms with Gasteiger partial charge in [0.1, 0.15) is 15.0 Å². The molecule has 2 aromatic rings. The highest BCUT2D eigenvalue weighted by Gasteiger charge is 2.18. The predicted octanol–water partition coefficient (Wildman–Crippen LogP) is 2.63. The number of thiophene rings is 1. The Hall–Kier alpha value is -1.51. The zero-order valence-corrected chi connectivity index (χ0v) is 12.8. The molecule has 1 aromatic heterocycles. The maximum atomic E-state index is 13.1. The van der Waals surface area contributed by atoms with E-state index < -0.39 is 10.0 Å². The molecule has 106 valence electrons. The zero-order chi connectivity index (χ0) is 14.9. The maximum Gasteiger partial charge on any atom is 0.271 e. The number of benzene rings is 1. The Kier molecular flexibility index (Phi) is 4.07. The number of halogens is 1. The summed E-state index contributed by atoms with van der Waals surface area (Å²) in [6.45, 7) is 1.56. The minimum absolute atomic E-state index is 0.0993. The molecule has 0 saturated heterocycles. The Morgan fingerprint density at radius 1 is 1.35 bits per heavy atom. The lowest BCUT2D eigenvalue weighted by Crippen LogP contribution is -2.11. The molecule has 3 N–H and O–H groups in total. The summed E-state index contributed by atoms with van der Waals surface area (Å²) in [6.07, 6.45) is 0. The molecule has 0 radical (unpaired) electrons.